The van der Waals surface area contributed by atoms with E-state index in [1.165, 1.54) is 32.1 Å². The second-order valence-corrected chi connectivity index (χ2v) is 5.16. The van der Waals surface area contributed by atoms with Crippen molar-refractivity contribution >= 4 is 5.91 Å². The molecule has 100 valence electrons. The van der Waals surface area contributed by atoms with Crippen LogP contribution in [0.1, 0.15) is 59.3 Å². The molecule has 0 saturated heterocycles. The molecule has 1 fully saturated rings. The Hall–Kier alpha value is -0.570. The van der Waals surface area contributed by atoms with Gasteiger partial charge in [0.15, 0.2) is 0 Å². The zero-order valence-electron chi connectivity index (χ0n) is 11.7. The molecular weight excluding hydrogens is 212 g/mol. The van der Waals surface area contributed by atoms with E-state index in [0.717, 1.165) is 13.0 Å². The number of amides is 1. The third-order valence-electron chi connectivity index (χ3n) is 3.89. The molecule has 0 aromatic heterocycles. The SMILES string of the molecule is CCC(C)NCC(=O)N(CC)C1CCCCC1. The maximum Gasteiger partial charge on any atom is 0.236 e. The summed E-state index contributed by atoms with van der Waals surface area (Å²) < 4.78 is 0. The van der Waals surface area contributed by atoms with E-state index >= 15 is 0 Å². The Morgan fingerprint density at radius 3 is 2.47 bits per heavy atom. The minimum atomic E-state index is 0.278. The molecule has 0 aromatic rings. The van der Waals surface area contributed by atoms with Gasteiger partial charge >= 0.3 is 0 Å². The predicted octanol–water partition coefficient (Wildman–Crippen LogP) is 2.56. The van der Waals surface area contributed by atoms with Gasteiger partial charge in [0.2, 0.25) is 5.91 Å². The Balaban J connectivity index is 2.39. The van der Waals surface area contributed by atoms with Crippen molar-refractivity contribution in [1.82, 2.24) is 10.2 Å². The minimum Gasteiger partial charge on any atom is -0.339 e. The van der Waals surface area contributed by atoms with Gasteiger partial charge in [0.05, 0.1) is 6.54 Å². The quantitative estimate of drug-likeness (QED) is 0.774. The summed E-state index contributed by atoms with van der Waals surface area (Å²) in [7, 11) is 0. The average Bonchev–Trinajstić information content (AvgIpc) is 2.38. The summed E-state index contributed by atoms with van der Waals surface area (Å²) in [6, 6.07) is 0.934. The van der Waals surface area contributed by atoms with E-state index in [-0.39, 0.29) is 5.91 Å². The van der Waals surface area contributed by atoms with Crippen molar-refractivity contribution < 1.29 is 4.79 Å². The van der Waals surface area contributed by atoms with Crippen LogP contribution in [-0.4, -0.2) is 36.0 Å². The largest absolute Gasteiger partial charge is 0.339 e. The van der Waals surface area contributed by atoms with E-state index in [1.54, 1.807) is 0 Å². The summed E-state index contributed by atoms with van der Waals surface area (Å²) in [5.74, 6) is 0.278. The zero-order valence-corrected chi connectivity index (χ0v) is 11.7. The number of carbonyl (C=O) groups is 1. The number of nitrogens with zero attached hydrogens (tertiary/aromatic N) is 1. The first-order valence-corrected chi connectivity index (χ1v) is 7.21. The highest BCUT2D eigenvalue weighted by molar-refractivity contribution is 5.78. The Bertz CT molecular complexity index is 224. The lowest BCUT2D eigenvalue weighted by Crippen LogP contribution is -2.46. The summed E-state index contributed by atoms with van der Waals surface area (Å²) in [5, 5.41) is 3.29. The van der Waals surface area contributed by atoms with E-state index in [2.05, 4.69) is 31.0 Å². The molecule has 1 aliphatic rings. The molecular formula is C14H28N2O. The van der Waals surface area contributed by atoms with Crippen LogP contribution in [-0.2, 0) is 4.79 Å². The Morgan fingerprint density at radius 2 is 1.94 bits per heavy atom. The van der Waals surface area contributed by atoms with Crippen molar-refractivity contribution in [3.8, 4) is 0 Å². The van der Waals surface area contributed by atoms with Gasteiger partial charge in [0.1, 0.15) is 0 Å². The number of carbonyl (C=O) groups excluding carboxylic acids is 1. The summed E-state index contributed by atoms with van der Waals surface area (Å²) in [6.07, 6.45) is 7.38. The van der Waals surface area contributed by atoms with Crippen LogP contribution in [0.25, 0.3) is 0 Å². The van der Waals surface area contributed by atoms with Gasteiger partial charge in [0, 0.05) is 18.6 Å². The van der Waals surface area contributed by atoms with Gasteiger partial charge in [-0.15, -0.1) is 0 Å². The van der Waals surface area contributed by atoms with E-state index in [1.807, 2.05) is 0 Å². The maximum absolute atomic E-state index is 12.2. The summed E-state index contributed by atoms with van der Waals surface area (Å²) >= 11 is 0. The summed E-state index contributed by atoms with van der Waals surface area (Å²) in [6.45, 7) is 7.71. The smallest absolute Gasteiger partial charge is 0.236 e. The average molecular weight is 240 g/mol. The van der Waals surface area contributed by atoms with E-state index in [9.17, 15) is 4.79 Å². The van der Waals surface area contributed by atoms with Crippen molar-refractivity contribution in [1.29, 1.82) is 0 Å². The zero-order chi connectivity index (χ0) is 12.7. The van der Waals surface area contributed by atoms with Crippen molar-refractivity contribution in [2.75, 3.05) is 13.1 Å². The van der Waals surface area contributed by atoms with Crippen LogP contribution < -0.4 is 5.32 Å². The van der Waals surface area contributed by atoms with Crippen LogP contribution in [0.4, 0.5) is 0 Å². The lowest BCUT2D eigenvalue weighted by atomic mass is 9.94. The first kappa shape index (κ1) is 14.5. The van der Waals surface area contributed by atoms with Gasteiger partial charge in [-0.2, -0.15) is 0 Å². The van der Waals surface area contributed by atoms with E-state index in [0.29, 0.717) is 18.6 Å². The lowest BCUT2D eigenvalue weighted by molar-refractivity contribution is -0.133. The first-order valence-electron chi connectivity index (χ1n) is 7.21. The molecule has 0 bridgehead atoms. The molecule has 0 aromatic carbocycles. The topological polar surface area (TPSA) is 32.3 Å². The van der Waals surface area contributed by atoms with Crippen molar-refractivity contribution in [3.63, 3.8) is 0 Å². The molecule has 1 N–H and O–H groups in total. The van der Waals surface area contributed by atoms with Crippen LogP contribution in [0.3, 0.4) is 0 Å². The Morgan fingerprint density at radius 1 is 1.29 bits per heavy atom. The number of hydrogen-bond donors (Lipinski definition) is 1. The van der Waals surface area contributed by atoms with Crippen LogP contribution in [0.2, 0.25) is 0 Å². The van der Waals surface area contributed by atoms with Gasteiger partial charge in [0.25, 0.3) is 0 Å². The molecule has 1 atom stereocenters. The molecule has 1 unspecified atom stereocenters. The standard InChI is InChI=1S/C14H28N2O/c1-4-12(3)15-11-14(17)16(5-2)13-9-7-6-8-10-13/h12-13,15H,4-11H2,1-3H3. The number of nitrogens with one attached hydrogen (secondary N) is 1. The van der Waals surface area contributed by atoms with E-state index < -0.39 is 0 Å². The lowest BCUT2D eigenvalue weighted by Gasteiger charge is -2.34. The molecule has 1 rings (SSSR count). The van der Waals surface area contributed by atoms with Crippen molar-refractivity contribution in [2.45, 2.75) is 71.4 Å². The molecule has 0 spiro atoms. The normalized spacial score (nSPS) is 19.0. The fraction of sp³-hybridized carbons (Fsp3) is 0.929. The summed E-state index contributed by atoms with van der Waals surface area (Å²) in [4.78, 5) is 14.2. The molecule has 1 saturated carbocycles. The van der Waals surface area contributed by atoms with Crippen molar-refractivity contribution in [2.24, 2.45) is 0 Å². The van der Waals surface area contributed by atoms with Gasteiger partial charge in [-0.25, -0.2) is 0 Å². The molecule has 3 nitrogen and oxygen atoms in total. The van der Waals surface area contributed by atoms with Gasteiger partial charge in [-0.1, -0.05) is 26.2 Å². The highest BCUT2D eigenvalue weighted by Crippen LogP contribution is 2.22. The van der Waals surface area contributed by atoms with Crippen molar-refractivity contribution in [3.05, 3.63) is 0 Å². The van der Waals surface area contributed by atoms with Crippen LogP contribution in [0.15, 0.2) is 0 Å². The minimum absolute atomic E-state index is 0.278. The second kappa shape index (κ2) is 7.70. The first-order chi connectivity index (χ1) is 8.19. The predicted molar refractivity (Wildman–Crippen MR) is 72.0 cm³/mol. The van der Waals surface area contributed by atoms with Crippen LogP contribution >= 0.6 is 0 Å². The molecule has 1 amide bonds. The van der Waals surface area contributed by atoms with Crippen LogP contribution in [0, 0.1) is 0 Å². The highest BCUT2D eigenvalue weighted by Gasteiger charge is 2.23. The molecule has 17 heavy (non-hydrogen) atoms. The molecule has 3 heteroatoms. The number of likely N-dealkylation sites (N-methyl/N-ethyl adjacent to an activating group) is 1. The number of hydrogen-bond acceptors (Lipinski definition) is 2. The molecule has 1 aliphatic carbocycles. The monoisotopic (exact) mass is 240 g/mol. The van der Waals surface area contributed by atoms with Gasteiger partial charge in [-0.3, -0.25) is 4.79 Å². The fourth-order valence-electron chi connectivity index (χ4n) is 2.54. The van der Waals surface area contributed by atoms with Gasteiger partial charge < -0.3 is 10.2 Å². The third kappa shape index (κ3) is 4.66. The van der Waals surface area contributed by atoms with Crippen LogP contribution in [0.5, 0.6) is 0 Å². The third-order valence-corrected chi connectivity index (χ3v) is 3.89. The summed E-state index contributed by atoms with van der Waals surface area (Å²) in [5.41, 5.74) is 0. The number of rotatable bonds is 6. The Labute approximate surface area is 106 Å². The second-order valence-electron chi connectivity index (χ2n) is 5.16. The molecule has 0 radical (unpaired) electrons. The Kier molecular flexibility index (Phi) is 6.56. The highest BCUT2D eigenvalue weighted by atomic mass is 16.2. The molecule has 0 heterocycles. The molecule has 0 aliphatic heterocycles. The van der Waals surface area contributed by atoms with E-state index in [4.69, 9.17) is 0 Å². The van der Waals surface area contributed by atoms with Gasteiger partial charge in [-0.05, 0) is 33.1 Å². The maximum atomic E-state index is 12.2. The fourth-order valence-corrected chi connectivity index (χ4v) is 2.54.